The number of aryl methyl sites for hydroxylation is 1. The molecule has 4 rings (SSSR count). The van der Waals surface area contributed by atoms with Gasteiger partial charge >= 0.3 is 0 Å². The van der Waals surface area contributed by atoms with Crippen molar-refractivity contribution in [2.24, 2.45) is 0 Å². The third-order valence-electron chi connectivity index (χ3n) is 5.62. The van der Waals surface area contributed by atoms with E-state index < -0.39 is 6.10 Å². The summed E-state index contributed by atoms with van der Waals surface area (Å²) in [4.78, 5) is 30.0. The molecule has 7 nitrogen and oxygen atoms in total. The predicted octanol–water partition coefficient (Wildman–Crippen LogP) is 3.22. The second-order valence-corrected chi connectivity index (χ2v) is 9.54. The van der Waals surface area contributed by atoms with Gasteiger partial charge in [-0.15, -0.1) is 11.3 Å². The zero-order chi connectivity index (χ0) is 23.9. The van der Waals surface area contributed by atoms with E-state index in [1.54, 1.807) is 11.0 Å². The van der Waals surface area contributed by atoms with E-state index in [1.165, 1.54) is 11.3 Å². The quantitative estimate of drug-likeness (QED) is 0.493. The Morgan fingerprint density at radius 1 is 1.15 bits per heavy atom. The Balaban J connectivity index is 1.44. The summed E-state index contributed by atoms with van der Waals surface area (Å²) in [5, 5.41) is 13.6. The lowest BCUT2D eigenvalue weighted by molar-refractivity contribution is -0.125. The summed E-state index contributed by atoms with van der Waals surface area (Å²) in [5.41, 5.74) is 2.86. The van der Waals surface area contributed by atoms with Gasteiger partial charge in [-0.2, -0.15) is 0 Å². The minimum atomic E-state index is -0.755. The van der Waals surface area contributed by atoms with Crippen LogP contribution in [-0.2, 0) is 16.1 Å². The molecule has 1 aliphatic heterocycles. The van der Waals surface area contributed by atoms with Gasteiger partial charge in [-0.1, -0.05) is 30.3 Å². The normalized spacial score (nSPS) is 14.6. The molecular weight excluding hydrogens is 450 g/mol. The number of carbonyl (C=O) groups excluding carboxylic acids is 2. The molecule has 34 heavy (non-hydrogen) atoms. The maximum Gasteiger partial charge on any atom is 0.261 e. The molecule has 2 heterocycles. The molecule has 1 saturated heterocycles. The number of hydrogen-bond acceptors (Lipinski definition) is 6. The molecule has 1 aromatic heterocycles. The van der Waals surface area contributed by atoms with E-state index in [1.807, 2.05) is 67.6 Å². The molecule has 2 N–H and O–H groups in total. The Hall–Kier alpha value is -3.20. The Bertz CT molecular complexity index is 1100. The van der Waals surface area contributed by atoms with E-state index in [0.29, 0.717) is 31.1 Å². The van der Waals surface area contributed by atoms with E-state index >= 15 is 0 Å². The number of thiophene rings is 1. The molecule has 0 bridgehead atoms. The van der Waals surface area contributed by atoms with Gasteiger partial charge in [-0.25, -0.2) is 0 Å². The van der Waals surface area contributed by atoms with Crippen molar-refractivity contribution in [1.82, 2.24) is 5.32 Å². The molecular formula is C26H29N3O4S. The lowest BCUT2D eigenvalue weighted by atomic mass is 10.1. The number of ether oxygens (including phenoxy) is 1. The van der Waals surface area contributed by atoms with Gasteiger partial charge in [0.15, 0.2) is 0 Å². The summed E-state index contributed by atoms with van der Waals surface area (Å²) in [6.07, 6.45) is -0.755. The van der Waals surface area contributed by atoms with E-state index in [4.69, 9.17) is 4.74 Å². The summed E-state index contributed by atoms with van der Waals surface area (Å²) < 4.78 is 5.22. The fraction of sp³-hybridized carbons (Fsp3) is 0.308. The van der Waals surface area contributed by atoms with E-state index in [0.717, 1.165) is 21.8 Å². The molecule has 3 aromatic rings. The van der Waals surface area contributed by atoms with Crippen LogP contribution < -0.4 is 15.1 Å². The van der Waals surface area contributed by atoms with Crippen LogP contribution in [-0.4, -0.2) is 55.9 Å². The monoisotopic (exact) mass is 479 g/mol. The number of aliphatic hydroxyl groups is 1. The van der Waals surface area contributed by atoms with Crippen molar-refractivity contribution in [2.45, 2.75) is 19.6 Å². The summed E-state index contributed by atoms with van der Waals surface area (Å²) in [7, 11) is 0. The Kier molecular flexibility index (Phi) is 7.95. The molecule has 0 radical (unpaired) electrons. The van der Waals surface area contributed by atoms with Gasteiger partial charge in [0, 0.05) is 42.4 Å². The van der Waals surface area contributed by atoms with Crippen molar-refractivity contribution < 1.29 is 19.4 Å². The maximum atomic E-state index is 12.4. The van der Waals surface area contributed by atoms with Crippen molar-refractivity contribution >= 4 is 34.5 Å². The molecule has 178 valence electrons. The average Bonchev–Trinajstić information content (AvgIpc) is 3.30. The van der Waals surface area contributed by atoms with E-state index in [9.17, 15) is 14.7 Å². The number of morpholine rings is 1. The fourth-order valence-corrected chi connectivity index (χ4v) is 4.66. The molecule has 0 saturated carbocycles. The Morgan fingerprint density at radius 2 is 1.91 bits per heavy atom. The largest absolute Gasteiger partial charge is 0.389 e. The number of nitrogens with one attached hydrogen (secondary N) is 1. The lowest BCUT2D eigenvalue weighted by Gasteiger charge is -2.30. The van der Waals surface area contributed by atoms with Crippen molar-refractivity contribution in [3.05, 3.63) is 82.0 Å². The van der Waals surface area contributed by atoms with Crippen LogP contribution in [0.25, 0.3) is 0 Å². The molecule has 8 heteroatoms. The number of benzene rings is 2. The van der Waals surface area contributed by atoms with Gasteiger partial charge in [0.1, 0.15) is 6.61 Å². The minimum Gasteiger partial charge on any atom is -0.389 e. The van der Waals surface area contributed by atoms with Crippen LogP contribution in [0.2, 0.25) is 0 Å². The van der Waals surface area contributed by atoms with Crippen LogP contribution in [0.3, 0.4) is 0 Å². The number of anilines is 2. The molecule has 1 unspecified atom stereocenters. The molecule has 1 atom stereocenters. The van der Waals surface area contributed by atoms with Gasteiger partial charge in [-0.3, -0.25) is 9.59 Å². The minimum absolute atomic E-state index is 0.0489. The number of aliphatic hydroxyl groups excluding tert-OH is 1. The van der Waals surface area contributed by atoms with Crippen LogP contribution in [0.5, 0.6) is 0 Å². The van der Waals surface area contributed by atoms with E-state index in [-0.39, 0.29) is 25.0 Å². The highest BCUT2D eigenvalue weighted by Gasteiger charge is 2.21. The average molecular weight is 480 g/mol. The zero-order valence-electron chi connectivity index (χ0n) is 19.1. The van der Waals surface area contributed by atoms with Crippen molar-refractivity contribution in [3.63, 3.8) is 0 Å². The fourth-order valence-electron chi connectivity index (χ4n) is 3.87. The van der Waals surface area contributed by atoms with Crippen LogP contribution >= 0.6 is 11.3 Å². The molecule has 0 aliphatic carbocycles. The van der Waals surface area contributed by atoms with Crippen LogP contribution in [0.4, 0.5) is 11.4 Å². The van der Waals surface area contributed by atoms with Crippen molar-refractivity contribution in [3.8, 4) is 0 Å². The standard InChI is InChI=1S/C26H29N3O4S/c1-19-7-12-24(34-19)26(32)27-15-23(30)17-28(16-20-5-3-2-4-6-20)21-8-10-22(11-9-21)29-13-14-33-18-25(29)31/h2-12,23,30H,13-18H2,1H3,(H,27,32). The summed E-state index contributed by atoms with van der Waals surface area (Å²) in [6.45, 7) is 4.22. The highest BCUT2D eigenvalue weighted by molar-refractivity contribution is 7.13. The van der Waals surface area contributed by atoms with Gasteiger partial charge in [0.05, 0.1) is 17.6 Å². The SMILES string of the molecule is Cc1ccc(C(=O)NCC(O)CN(Cc2ccccc2)c2ccc(N3CCOCC3=O)cc2)s1. The first-order valence-electron chi connectivity index (χ1n) is 11.3. The van der Waals surface area contributed by atoms with Crippen LogP contribution in [0, 0.1) is 6.92 Å². The van der Waals surface area contributed by atoms with Gasteiger partial charge in [0.2, 0.25) is 0 Å². The third kappa shape index (κ3) is 6.22. The summed E-state index contributed by atoms with van der Waals surface area (Å²) in [6, 6.07) is 21.5. The Labute approximate surface area is 203 Å². The second-order valence-electron chi connectivity index (χ2n) is 8.25. The number of carbonyl (C=O) groups is 2. The molecule has 2 amide bonds. The first kappa shape index (κ1) is 23.9. The van der Waals surface area contributed by atoms with Gasteiger partial charge < -0.3 is 25.0 Å². The number of hydrogen-bond donors (Lipinski definition) is 2. The van der Waals surface area contributed by atoms with Gasteiger partial charge in [-0.05, 0) is 48.9 Å². The lowest BCUT2D eigenvalue weighted by Crippen LogP contribution is -2.41. The molecule has 2 aromatic carbocycles. The number of amides is 2. The van der Waals surface area contributed by atoms with Crippen LogP contribution in [0.15, 0.2) is 66.7 Å². The molecule has 1 fully saturated rings. The highest BCUT2D eigenvalue weighted by Crippen LogP contribution is 2.24. The second kappa shape index (κ2) is 11.3. The van der Waals surface area contributed by atoms with Crippen molar-refractivity contribution in [1.29, 1.82) is 0 Å². The molecule has 1 aliphatic rings. The predicted molar refractivity (Wildman–Crippen MR) is 135 cm³/mol. The maximum absolute atomic E-state index is 12.4. The highest BCUT2D eigenvalue weighted by atomic mass is 32.1. The number of rotatable bonds is 9. The van der Waals surface area contributed by atoms with Crippen molar-refractivity contribution in [2.75, 3.05) is 42.6 Å². The zero-order valence-corrected chi connectivity index (χ0v) is 20.0. The van der Waals surface area contributed by atoms with E-state index in [2.05, 4.69) is 10.2 Å². The summed E-state index contributed by atoms with van der Waals surface area (Å²) in [5.74, 6) is -0.224. The topological polar surface area (TPSA) is 82.1 Å². The first-order valence-corrected chi connectivity index (χ1v) is 12.1. The first-order chi connectivity index (χ1) is 16.5. The summed E-state index contributed by atoms with van der Waals surface area (Å²) >= 11 is 1.43. The van der Waals surface area contributed by atoms with Crippen LogP contribution in [0.1, 0.15) is 20.1 Å². The van der Waals surface area contributed by atoms with Gasteiger partial charge in [0.25, 0.3) is 11.8 Å². The number of nitrogens with zero attached hydrogens (tertiary/aromatic N) is 2. The smallest absolute Gasteiger partial charge is 0.261 e. The third-order valence-corrected chi connectivity index (χ3v) is 6.62. The Morgan fingerprint density at radius 3 is 2.59 bits per heavy atom. The molecule has 0 spiro atoms.